The zero-order valence-corrected chi connectivity index (χ0v) is 13.3. The highest BCUT2D eigenvalue weighted by molar-refractivity contribution is 6.30. The van der Waals surface area contributed by atoms with E-state index in [4.69, 9.17) is 17.3 Å². The molecular formula is C17H21ClN4. The minimum atomic E-state index is 0.178. The molecule has 2 heterocycles. The van der Waals surface area contributed by atoms with Gasteiger partial charge in [-0.3, -0.25) is 0 Å². The number of nitrogens with zero attached hydrogens (tertiary/aromatic N) is 3. The van der Waals surface area contributed by atoms with Crippen LogP contribution < -0.4 is 10.6 Å². The predicted octanol–water partition coefficient (Wildman–Crippen LogP) is 2.92. The predicted molar refractivity (Wildman–Crippen MR) is 90.1 cm³/mol. The topological polar surface area (TPSA) is 55.0 Å². The smallest absolute Gasteiger partial charge is 0.225 e. The average Bonchev–Trinajstić information content (AvgIpc) is 2.56. The summed E-state index contributed by atoms with van der Waals surface area (Å²) in [6, 6.07) is 10.0. The van der Waals surface area contributed by atoms with Crippen molar-refractivity contribution < 1.29 is 0 Å². The Labute approximate surface area is 136 Å². The van der Waals surface area contributed by atoms with Gasteiger partial charge < -0.3 is 10.6 Å². The van der Waals surface area contributed by atoms with Crippen LogP contribution in [0.2, 0.25) is 5.02 Å². The zero-order chi connectivity index (χ0) is 15.4. The number of halogens is 1. The quantitative estimate of drug-likeness (QED) is 0.942. The molecule has 1 fully saturated rings. The van der Waals surface area contributed by atoms with Crippen molar-refractivity contribution in [3.05, 3.63) is 53.3 Å². The number of hydrogen-bond donors (Lipinski definition) is 1. The van der Waals surface area contributed by atoms with Crippen molar-refractivity contribution >= 4 is 17.5 Å². The van der Waals surface area contributed by atoms with Gasteiger partial charge in [-0.05, 0) is 48.9 Å². The van der Waals surface area contributed by atoms with E-state index in [1.54, 1.807) is 12.4 Å². The van der Waals surface area contributed by atoms with Gasteiger partial charge in [-0.15, -0.1) is 0 Å². The van der Waals surface area contributed by atoms with Crippen molar-refractivity contribution in [2.45, 2.75) is 25.3 Å². The van der Waals surface area contributed by atoms with Crippen molar-refractivity contribution in [3.8, 4) is 0 Å². The van der Waals surface area contributed by atoms with Crippen LogP contribution in [0.25, 0.3) is 0 Å². The second kappa shape index (κ2) is 7.07. The molecule has 1 saturated heterocycles. The van der Waals surface area contributed by atoms with Gasteiger partial charge in [0.15, 0.2) is 0 Å². The summed E-state index contributed by atoms with van der Waals surface area (Å²) in [4.78, 5) is 10.9. The maximum Gasteiger partial charge on any atom is 0.225 e. The SMILES string of the molecule is NC(Cc1cccc(Cl)c1)C1CCN(c2ncccn2)CC1. The van der Waals surface area contributed by atoms with Gasteiger partial charge in [0.05, 0.1) is 0 Å². The summed E-state index contributed by atoms with van der Waals surface area (Å²) < 4.78 is 0. The standard InChI is InChI=1S/C17H21ClN4/c18-15-4-1-3-13(11-15)12-16(19)14-5-9-22(10-6-14)17-20-7-2-8-21-17/h1-4,7-8,11,14,16H,5-6,9-10,12,19H2. The minimum absolute atomic E-state index is 0.178. The first-order valence-electron chi connectivity index (χ1n) is 7.74. The number of hydrogen-bond acceptors (Lipinski definition) is 4. The molecule has 0 spiro atoms. The fourth-order valence-electron chi connectivity index (χ4n) is 3.08. The van der Waals surface area contributed by atoms with Gasteiger partial charge in [-0.2, -0.15) is 0 Å². The lowest BCUT2D eigenvalue weighted by Crippen LogP contribution is -2.42. The number of nitrogens with two attached hydrogens (primary N) is 1. The maximum atomic E-state index is 6.42. The first-order chi connectivity index (χ1) is 10.7. The summed E-state index contributed by atoms with van der Waals surface area (Å²) >= 11 is 6.04. The minimum Gasteiger partial charge on any atom is -0.341 e. The van der Waals surface area contributed by atoms with E-state index in [9.17, 15) is 0 Å². The first-order valence-corrected chi connectivity index (χ1v) is 8.12. The van der Waals surface area contributed by atoms with Gasteiger partial charge in [-0.1, -0.05) is 23.7 Å². The van der Waals surface area contributed by atoms with Crippen molar-refractivity contribution in [3.63, 3.8) is 0 Å². The highest BCUT2D eigenvalue weighted by atomic mass is 35.5. The van der Waals surface area contributed by atoms with Crippen molar-refractivity contribution in [1.82, 2.24) is 9.97 Å². The van der Waals surface area contributed by atoms with Crippen molar-refractivity contribution in [2.75, 3.05) is 18.0 Å². The summed E-state index contributed by atoms with van der Waals surface area (Å²) in [6.07, 6.45) is 6.63. The van der Waals surface area contributed by atoms with Crippen LogP contribution in [0.3, 0.4) is 0 Å². The van der Waals surface area contributed by atoms with E-state index >= 15 is 0 Å². The van der Waals surface area contributed by atoms with Crippen LogP contribution in [-0.4, -0.2) is 29.1 Å². The van der Waals surface area contributed by atoms with Crippen LogP contribution in [0.1, 0.15) is 18.4 Å². The summed E-state index contributed by atoms with van der Waals surface area (Å²) in [6.45, 7) is 1.94. The van der Waals surface area contributed by atoms with Gasteiger partial charge >= 0.3 is 0 Å². The highest BCUT2D eigenvalue weighted by Gasteiger charge is 2.25. The Morgan fingerprint density at radius 2 is 1.91 bits per heavy atom. The fourth-order valence-corrected chi connectivity index (χ4v) is 3.30. The molecule has 1 aromatic heterocycles. The van der Waals surface area contributed by atoms with E-state index in [1.165, 1.54) is 5.56 Å². The van der Waals surface area contributed by atoms with Crippen LogP contribution in [0, 0.1) is 5.92 Å². The third-order valence-electron chi connectivity index (χ3n) is 4.34. The average molecular weight is 317 g/mol. The van der Waals surface area contributed by atoms with Gasteiger partial charge in [0.25, 0.3) is 0 Å². The lowest BCUT2D eigenvalue weighted by atomic mass is 9.86. The number of piperidine rings is 1. The highest BCUT2D eigenvalue weighted by Crippen LogP contribution is 2.24. The van der Waals surface area contributed by atoms with Gasteiger partial charge in [-0.25, -0.2) is 9.97 Å². The van der Waals surface area contributed by atoms with E-state index in [0.717, 1.165) is 43.3 Å². The van der Waals surface area contributed by atoms with Crippen LogP contribution in [-0.2, 0) is 6.42 Å². The molecule has 1 aliphatic heterocycles. The molecule has 2 N–H and O–H groups in total. The molecule has 3 rings (SSSR count). The Morgan fingerprint density at radius 1 is 1.18 bits per heavy atom. The van der Waals surface area contributed by atoms with E-state index in [2.05, 4.69) is 20.9 Å². The Balaban J connectivity index is 1.55. The van der Waals surface area contributed by atoms with E-state index in [0.29, 0.717) is 5.92 Å². The number of rotatable bonds is 4. The number of benzene rings is 1. The first kappa shape index (κ1) is 15.3. The number of anilines is 1. The second-order valence-electron chi connectivity index (χ2n) is 5.87. The lowest BCUT2D eigenvalue weighted by molar-refractivity contribution is 0.336. The van der Waals surface area contributed by atoms with Crippen molar-refractivity contribution in [2.24, 2.45) is 11.7 Å². The molecule has 5 heteroatoms. The molecule has 1 aromatic carbocycles. The molecule has 4 nitrogen and oxygen atoms in total. The van der Waals surface area contributed by atoms with Crippen LogP contribution >= 0.6 is 11.6 Å². The van der Waals surface area contributed by atoms with Gasteiger partial charge in [0.2, 0.25) is 5.95 Å². The number of aromatic nitrogens is 2. The molecule has 1 atom stereocenters. The largest absolute Gasteiger partial charge is 0.341 e. The Morgan fingerprint density at radius 3 is 2.59 bits per heavy atom. The lowest BCUT2D eigenvalue weighted by Gasteiger charge is -2.34. The summed E-state index contributed by atoms with van der Waals surface area (Å²) in [5, 5.41) is 0.778. The Bertz CT molecular complexity index is 597. The van der Waals surface area contributed by atoms with Crippen LogP contribution in [0.15, 0.2) is 42.7 Å². The molecule has 116 valence electrons. The van der Waals surface area contributed by atoms with E-state index < -0.39 is 0 Å². The molecule has 1 unspecified atom stereocenters. The molecule has 0 radical (unpaired) electrons. The van der Waals surface area contributed by atoms with Crippen LogP contribution in [0.5, 0.6) is 0 Å². The van der Waals surface area contributed by atoms with E-state index in [1.807, 2.05) is 24.3 Å². The van der Waals surface area contributed by atoms with Gasteiger partial charge in [0, 0.05) is 36.5 Å². The van der Waals surface area contributed by atoms with Gasteiger partial charge in [0.1, 0.15) is 0 Å². The maximum absolute atomic E-state index is 6.42. The second-order valence-corrected chi connectivity index (χ2v) is 6.31. The summed E-state index contributed by atoms with van der Waals surface area (Å²) in [7, 11) is 0. The van der Waals surface area contributed by atoms with E-state index in [-0.39, 0.29) is 6.04 Å². The molecule has 0 saturated carbocycles. The van der Waals surface area contributed by atoms with Crippen LogP contribution in [0.4, 0.5) is 5.95 Å². The summed E-state index contributed by atoms with van der Waals surface area (Å²) in [5.41, 5.74) is 7.64. The Kier molecular flexibility index (Phi) is 4.90. The fraction of sp³-hybridized carbons (Fsp3) is 0.412. The third kappa shape index (κ3) is 3.76. The third-order valence-corrected chi connectivity index (χ3v) is 4.58. The van der Waals surface area contributed by atoms with Crippen molar-refractivity contribution in [1.29, 1.82) is 0 Å². The Hall–Kier alpha value is -1.65. The molecular weight excluding hydrogens is 296 g/mol. The molecule has 1 aliphatic rings. The molecule has 22 heavy (non-hydrogen) atoms. The molecule has 0 aliphatic carbocycles. The summed E-state index contributed by atoms with van der Waals surface area (Å²) in [5.74, 6) is 1.36. The molecule has 2 aromatic rings. The zero-order valence-electron chi connectivity index (χ0n) is 12.5. The monoisotopic (exact) mass is 316 g/mol. The molecule has 0 amide bonds. The molecule has 0 bridgehead atoms. The normalized spacial score (nSPS) is 17.5.